The van der Waals surface area contributed by atoms with E-state index in [-0.39, 0.29) is 5.82 Å². The zero-order valence-corrected chi connectivity index (χ0v) is 10.8. The van der Waals surface area contributed by atoms with E-state index in [0.717, 1.165) is 35.3 Å². The van der Waals surface area contributed by atoms with Gasteiger partial charge in [-0.05, 0) is 37.1 Å². The summed E-state index contributed by atoms with van der Waals surface area (Å²) in [4.78, 5) is 8.74. The first-order valence-corrected chi connectivity index (χ1v) is 6.61. The fourth-order valence-electron chi connectivity index (χ4n) is 2.55. The van der Waals surface area contributed by atoms with Gasteiger partial charge in [-0.25, -0.2) is 9.37 Å². The lowest BCUT2D eigenvalue weighted by Crippen LogP contribution is -1.98. The summed E-state index contributed by atoms with van der Waals surface area (Å²) in [5, 5.41) is 0. The summed E-state index contributed by atoms with van der Waals surface area (Å²) >= 11 is 0. The summed E-state index contributed by atoms with van der Waals surface area (Å²) in [5.41, 5.74) is 8.91. The van der Waals surface area contributed by atoms with Crippen LogP contribution in [0.25, 0.3) is 22.4 Å². The van der Waals surface area contributed by atoms with Crippen molar-refractivity contribution in [1.29, 1.82) is 0 Å². The first kappa shape index (κ1) is 11.4. The average molecular weight is 268 g/mol. The maximum atomic E-state index is 13.5. The molecule has 1 fully saturated rings. The normalized spacial score (nSPS) is 14.8. The van der Waals surface area contributed by atoms with Crippen molar-refractivity contribution in [3.05, 3.63) is 42.5 Å². The van der Waals surface area contributed by atoms with Gasteiger partial charge in [0.25, 0.3) is 0 Å². The molecule has 5 heteroatoms. The Hall–Kier alpha value is -2.43. The molecule has 0 spiro atoms. The smallest absolute Gasteiger partial charge is 0.143 e. The Morgan fingerprint density at radius 2 is 2.05 bits per heavy atom. The van der Waals surface area contributed by atoms with Crippen LogP contribution < -0.4 is 5.73 Å². The standard InChI is InChI=1S/C15H13FN4/c16-10-1-4-13-14(6-10)20(12-2-3-12)15(19-13)9-5-11(17)8-18-7-9/h1,4-8,12H,2-3,17H2. The van der Waals surface area contributed by atoms with Crippen LogP contribution in [0.2, 0.25) is 0 Å². The van der Waals surface area contributed by atoms with Gasteiger partial charge in [-0.2, -0.15) is 0 Å². The summed E-state index contributed by atoms with van der Waals surface area (Å²) in [5.74, 6) is 0.574. The van der Waals surface area contributed by atoms with Gasteiger partial charge in [0.2, 0.25) is 0 Å². The van der Waals surface area contributed by atoms with Crippen molar-refractivity contribution >= 4 is 16.7 Å². The zero-order valence-electron chi connectivity index (χ0n) is 10.8. The zero-order chi connectivity index (χ0) is 13.7. The van der Waals surface area contributed by atoms with Crippen molar-refractivity contribution in [2.75, 3.05) is 5.73 Å². The van der Waals surface area contributed by atoms with Gasteiger partial charge in [-0.15, -0.1) is 0 Å². The van der Waals surface area contributed by atoms with E-state index in [1.807, 2.05) is 6.07 Å². The van der Waals surface area contributed by atoms with Crippen LogP contribution in [0.5, 0.6) is 0 Å². The van der Waals surface area contributed by atoms with Crippen molar-refractivity contribution in [2.45, 2.75) is 18.9 Å². The fraction of sp³-hybridized carbons (Fsp3) is 0.200. The van der Waals surface area contributed by atoms with Gasteiger partial charge in [0.15, 0.2) is 0 Å². The molecule has 2 heterocycles. The molecule has 1 saturated carbocycles. The van der Waals surface area contributed by atoms with Crippen LogP contribution in [-0.4, -0.2) is 14.5 Å². The second kappa shape index (κ2) is 4.03. The molecule has 0 saturated heterocycles. The molecule has 4 nitrogen and oxygen atoms in total. The molecule has 1 aromatic carbocycles. The number of nitrogens with zero attached hydrogens (tertiary/aromatic N) is 3. The van der Waals surface area contributed by atoms with Gasteiger partial charge < -0.3 is 10.3 Å². The summed E-state index contributed by atoms with van der Waals surface area (Å²) in [6.45, 7) is 0. The first-order chi connectivity index (χ1) is 9.72. The van der Waals surface area contributed by atoms with Crippen LogP contribution in [0.15, 0.2) is 36.7 Å². The number of rotatable bonds is 2. The van der Waals surface area contributed by atoms with Crippen LogP contribution in [0.4, 0.5) is 10.1 Å². The molecule has 0 atom stereocenters. The molecule has 2 N–H and O–H groups in total. The third kappa shape index (κ3) is 1.74. The van der Waals surface area contributed by atoms with E-state index in [1.165, 1.54) is 6.07 Å². The SMILES string of the molecule is Nc1cncc(-c2nc3ccc(F)cc3n2C2CC2)c1. The first-order valence-electron chi connectivity index (χ1n) is 6.61. The van der Waals surface area contributed by atoms with Crippen LogP contribution in [-0.2, 0) is 0 Å². The van der Waals surface area contributed by atoms with Gasteiger partial charge in [0.05, 0.1) is 16.7 Å². The number of aromatic nitrogens is 3. The van der Waals surface area contributed by atoms with Crippen LogP contribution in [0.3, 0.4) is 0 Å². The molecule has 3 aromatic rings. The Balaban J connectivity index is 2.01. The molecule has 0 bridgehead atoms. The number of fused-ring (bicyclic) bond motifs is 1. The Labute approximate surface area is 115 Å². The number of hydrogen-bond donors (Lipinski definition) is 1. The van der Waals surface area contributed by atoms with E-state index in [2.05, 4.69) is 14.5 Å². The predicted molar refractivity (Wildman–Crippen MR) is 75.6 cm³/mol. The van der Waals surface area contributed by atoms with E-state index in [9.17, 15) is 4.39 Å². The Bertz CT molecular complexity index is 805. The number of benzene rings is 1. The lowest BCUT2D eigenvalue weighted by molar-refractivity contribution is 0.628. The van der Waals surface area contributed by atoms with Crippen LogP contribution in [0.1, 0.15) is 18.9 Å². The Kier molecular flexibility index (Phi) is 2.30. The number of halogens is 1. The second-order valence-corrected chi connectivity index (χ2v) is 5.18. The lowest BCUT2D eigenvalue weighted by Gasteiger charge is -2.07. The molecule has 1 aliphatic carbocycles. The summed E-state index contributed by atoms with van der Waals surface area (Å²) in [6.07, 6.45) is 5.55. The highest BCUT2D eigenvalue weighted by Crippen LogP contribution is 2.41. The van der Waals surface area contributed by atoms with Crippen molar-refractivity contribution in [2.24, 2.45) is 0 Å². The van der Waals surface area contributed by atoms with Gasteiger partial charge in [0.1, 0.15) is 11.6 Å². The second-order valence-electron chi connectivity index (χ2n) is 5.18. The van der Waals surface area contributed by atoms with Gasteiger partial charge >= 0.3 is 0 Å². The minimum absolute atomic E-state index is 0.239. The molecule has 0 radical (unpaired) electrons. The maximum absolute atomic E-state index is 13.5. The third-order valence-electron chi connectivity index (χ3n) is 3.58. The molecule has 4 rings (SSSR count). The Morgan fingerprint density at radius 3 is 2.80 bits per heavy atom. The lowest BCUT2D eigenvalue weighted by atomic mass is 10.2. The monoisotopic (exact) mass is 268 g/mol. The van der Waals surface area contributed by atoms with Crippen LogP contribution >= 0.6 is 0 Å². The van der Waals surface area contributed by atoms with Crippen molar-refractivity contribution in [3.8, 4) is 11.4 Å². The van der Waals surface area contributed by atoms with Crippen molar-refractivity contribution in [3.63, 3.8) is 0 Å². The van der Waals surface area contributed by atoms with Gasteiger partial charge in [0, 0.05) is 24.0 Å². The van der Waals surface area contributed by atoms with E-state index < -0.39 is 0 Å². The van der Waals surface area contributed by atoms with Crippen LogP contribution in [0, 0.1) is 5.82 Å². The summed E-state index contributed by atoms with van der Waals surface area (Å²) < 4.78 is 15.6. The van der Waals surface area contributed by atoms with Gasteiger partial charge in [-0.1, -0.05) is 0 Å². The highest BCUT2D eigenvalue weighted by atomic mass is 19.1. The average Bonchev–Trinajstić information content (AvgIpc) is 3.19. The number of hydrogen-bond acceptors (Lipinski definition) is 3. The predicted octanol–water partition coefficient (Wildman–Crippen LogP) is 3.15. The molecule has 0 unspecified atom stereocenters. The van der Waals surface area contributed by atoms with Crippen molar-refractivity contribution in [1.82, 2.24) is 14.5 Å². The molecular formula is C15H13FN4. The number of imidazole rings is 1. The van der Waals surface area contributed by atoms with E-state index >= 15 is 0 Å². The summed E-state index contributed by atoms with van der Waals surface area (Å²) in [7, 11) is 0. The molecule has 1 aliphatic rings. The van der Waals surface area contributed by atoms with E-state index in [4.69, 9.17) is 5.73 Å². The number of pyridine rings is 1. The minimum atomic E-state index is -0.239. The third-order valence-corrected chi connectivity index (χ3v) is 3.58. The molecule has 20 heavy (non-hydrogen) atoms. The van der Waals surface area contributed by atoms with Gasteiger partial charge in [-0.3, -0.25) is 4.98 Å². The molecule has 0 aliphatic heterocycles. The minimum Gasteiger partial charge on any atom is -0.397 e. The highest BCUT2D eigenvalue weighted by Gasteiger charge is 2.29. The molecule has 100 valence electrons. The summed E-state index contributed by atoms with van der Waals surface area (Å²) in [6, 6.07) is 6.95. The number of nitrogen functional groups attached to an aromatic ring is 1. The highest BCUT2D eigenvalue weighted by molar-refractivity contribution is 5.81. The topological polar surface area (TPSA) is 56.7 Å². The van der Waals surface area contributed by atoms with E-state index in [0.29, 0.717) is 11.7 Å². The molecule has 0 amide bonds. The quantitative estimate of drug-likeness (QED) is 0.776. The Morgan fingerprint density at radius 1 is 1.20 bits per heavy atom. The molecule has 2 aromatic heterocycles. The molecular weight excluding hydrogens is 255 g/mol. The van der Waals surface area contributed by atoms with E-state index in [1.54, 1.807) is 24.5 Å². The maximum Gasteiger partial charge on any atom is 0.143 e. The number of anilines is 1. The fourth-order valence-corrected chi connectivity index (χ4v) is 2.55. The number of nitrogens with two attached hydrogens (primary N) is 1. The van der Waals surface area contributed by atoms with Crippen molar-refractivity contribution < 1.29 is 4.39 Å². The largest absolute Gasteiger partial charge is 0.397 e.